The predicted octanol–water partition coefficient (Wildman–Crippen LogP) is 1.88. The summed E-state index contributed by atoms with van der Waals surface area (Å²) in [5, 5.41) is 20.5. The number of aromatic nitrogens is 5. The number of amides is 7. The van der Waals surface area contributed by atoms with Crippen LogP contribution in [0.1, 0.15) is 66.8 Å². The van der Waals surface area contributed by atoms with E-state index in [0.29, 0.717) is 54.3 Å². The van der Waals surface area contributed by atoms with Crippen molar-refractivity contribution in [3.63, 3.8) is 0 Å². The van der Waals surface area contributed by atoms with Gasteiger partial charge in [0.25, 0.3) is 23.6 Å². The van der Waals surface area contributed by atoms with Gasteiger partial charge >= 0.3 is 0 Å². The lowest BCUT2D eigenvalue weighted by Crippen LogP contribution is -2.47. The maximum Gasteiger partial charge on any atom is 0.272 e. The number of carbonyl (C=O) groups excluding carboxylic acids is 7. The minimum atomic E-state index is -0.934. The normalized spacial score (nSPS) is 11.5. The Morgan fingerprint density at radius 2 is 1.06 bits per heavy atom. The van der Waals surface area contributed by atoms with Gasteiger partial charge in [-0.25, -0.2) is 0 Å². The molecule has 65 heavy (non-hydrogen) atoms. The van der Waals surface area contributed by atoms with Crippen molar-refractivity contribution in [2.45, 2.75) is 31.7 Å². The highest BCUT2D eigenvalue weighted by molar-refractivity contribution is 6.07. The summed E-state index contributed by atoms with van der Waals surface area (Å²) in [5.74, 6) is -3.03. The van der Waals surface area contributed by atoms with Crippen LogP contribution in [0.15, 0.2) is 79.5 Å². The minimum Gasteiger partial charge on any atom is -0.361 e. The summed E-state index contributed by atoms with van der Waals surface area (Å²) in [5.41, 5.74) is 15.3. The Hall–Kier alpha value is -7.91. The van der Waals surface area contributed by atoms with E-state index in [1.807, 2.05) is 30.5 Å². The van der Waals surface area contributed by atoms with Gasteiger partial charge in [0.2, 0.25) is 17.7 Å². The Labute approximate surface area is 373 Å². The van der Waals surface area contributed by atoms with E-state index in [-0.39, 0.29) is 55.0 Å². The highest BCUT2D eigenvalue weighted by Crippen LogP contribution is 2.21. The SMILES string of the molecule is Cn1cc(NC(=O)c2cc(NC(=O)CN)cn2C)cc1C(=O)NCCCCC(NC(=O)c1cc(NC(=O)c2cc(NC(=O)CN)cn2C)cn1C)C(=O)NCCc1c[nH]c2ccccc12. The van der Waals surface area contributed by atoms with Gasteiger partial charge in [0.05, 0.1) is 35.8 Å². The highest BCUT2D eigenvalue weighted by atomic mass is 16.2. The van der Waals surface area contributed by atoms with Crippen molar-refractivity contribution in [3.05, 3.63) is 108 Å². The summed E-state index contributed by atoms with van der Waals surface area (Å²) in [7, 11) is 6.62. The molecule has 12 N–H and O–H groups in total. The summed E-state index contributed by atoms with van der Waals surface area (Å²) in [6.07, 6.45) is 9.98. The molecule has 1 unspecified atom stereocenters. The molecule has 6 rings (SSSR count). The number of benzene rings is 1. The van der Waals surface area contributed by atoms with Crippen LogP contribution in [0, 0.1) is 0 Å². The number of nitrogens with two attached hydrogens (primary N) is 2. The van der Waals surface area contributed by atoms with Crippen molar-refractivity contribution in [3.8, 4) is 0 Å². The van der Waals surface area contributed by atoms with E-state index in [4.69, 9.17) is 11.5 Å². The number of fused-ring (bicyclic) bond motifs is 1. The van der Waals surface area contributed by atoms with E-state index in [9.17, 15) is 33.6 Å². The Morgan fingerprint density at radius 1 is 0.585 bits per heavy atom. The number of H-pyrrole nitrogens is 1. The molecule has 1 atom stereocenters. The average Bonchev–Trinajstić information content (AvgIpc) is 4.11. The molecule has 0 saturated heterocycles. The van der Waals surface area contributed by atoms with E-state index in [0.717, 1.165) is 16.5 Å². The third kappa shape index (κ3) is 11.8. The topological polar surface area (TPSA) is 291 Å². The number of aromatic amines is 1. The molecule has 0 aliphatic rings. The lowest BCUT2D eigenvalue weighted by atomic mass is 10.1. The van der Waals surface area contributed by atoms with Gasteiger partial charge in [-0.05, 0) is 61.6 Å². The van der Waals surface area contributed by atoms with Gasteiger partial charge in [0.15, 0.2) is 0 Å². The monoisotopic (exact) mass is 890 g/mol. The number of para-hydroxylation sites is 1. The van der Waals surface area contributed by atoms with Crippen LogP contribution in [0.25, 0.3) is 10.9 Å². The molecule has 0 fully saturated rings. The van der Waals surface area contributed by atoms with Crippen LogP contribution in [0.5, 0.6) is 0 Å². The fraction of sp³-hybridized carbons (Fsp3) is 0.295. The van der Waals surface area contributed by atoms with E-state index in [1.54, 1.807) is 72.7 Å². The second-order valence-corrected chi connectivity index (χ2v) is 15.5. The van der Waals surface area contributed by atoms with Crippen molar-refractivity contribution < 1.29 is 33.6 Å². The van der Waals surface area contributed by atoms with E-state index in [2.05, 4.69) is 42.2 Å². The molecule has 21 heteroatoms. The van der Waals surface area contributed by atoms with Gasteiger partial charge in [-0.15, -0.1) is 0 Å². The molecule has 0 saturated carbocycles. The number of hydrogen-bond donors (Lipinski definition) is 10. The van der Waals surface area contributed by atoms with Gasteiger partial charge < -0.3 is 71.9 Å². The lowest BCUT2D eigenvalue weighted by molar-refractivity contribution is -0.123. The zero-order valence-corrected chi connectivity index (χ0v) is 36.5. The third-order valence-electron chi connectivity index (χ3n) is 10.6. The number of hydrogen-bond acceptors (Lipinski definition) is 9. The first kappa shape index (κ1) is 46.6. The van der Waals surface area contributed by atoms with E-state index in [1.165, 1.54) is 22.8 Å². The number of nitrogens with one attached hydrogen (secondary N) is 8. The van der Waals surface area contributed by atoms with Crippen molar-refractivity contribution >= 4 is 75.0 Å². The summed E-state index contributed by atoms with van der Waals surface area (Å²) in [6.45, 7) is 0.170. The zero-order valence-electron chi connectivity index (χ0n) is 36.5. The van der Waals surface area contributed by atoms with Gasteiger partial charge in [-0.1, -0.05) is 18.2 Å². The maximum atomic E-state index is 13.7. The first-order valence-corrected chi connectivity index (χ1v) is 20.8. The van der Waals surface area contributed by atoms with Crippen LogP contribution in [-0.4, -0.2) is 96.8 Å². The summed E-state index contributed by atoms with van der Waals surface area (Å²) >= 11 is 0. The van der Waals surface area contributed by atoms with Gasteiger partial charge in [0.1, 0.15) is 28.8 Å². The number of anilines is 4. The summed E-state index contributed by atoms with van der Waals surface area (Å²) in [6, 6.07) is 13.0. The predicted molar refractivity (Wildman–Crippen MR) is 245 cm³/mol. The maximum absolute atomic E-state index is 13.7. The summed E-state index contributed by atoms with van der Waals surface area (Å²) < 4.78 is 6.22. The largest absolute Gasteiger partial charge is 0.361 e. The average molecular weight is 891 g/mol. The smallest absolute Gasteiger partial charge is 0.272 e. The van der Waals surface area contributed by atoms with Crippen molar-refractivity contribution in [1.82, 2.24) is 39.2 Å². The molecule has 21 nitrogen and oxygen atoms in total. The molecule has 5 heterocycles. The number of unbranched alkanes of at least 4 members (excludes halogenated alkanes) is 1. The van der Waals surface area contributed by atoms with E-state index >= 15 is 0 Å². The van der Waals surface area contributed by atoms with Crippen LogP contribution >= 0.6 is 0 Å². The van der Waals surface area contributed by atoms with Crippen LogP contribution in [0.3, 0.4) is 0 Å². The molecular weight excluding hydrogens is 837 g/mol. The molecule has 0 bridgehead atoms. The molecule has 342 valence electrons. The van der Waals surface area contributed by atoms with Gasteiger partial charge in [-0.3, -0.25) is 33.6 Å². The first-order valence-electron chi connectivity index (χ1n) is 20.8. The Balaban J connectivity index is 1.05. The molecule has 0 radical (unpaired) electrons. The number of aryl methyl sites for hydroxylation is 4. The fourth-order valence-corrected chi connectivity index (χ4v) is 7.30. The highest BCUT2D eigenvalue weighted by Gasteiger charge is 2.24. The molecule has 6 aromatic rings. The summed E-state index contributed by atoms with van der Waals surface area (Å²) in [4.78, 5) is 93.5. The third-order valence-corrected chi connectivity index (χ3v) is 10.6. The quantitative estimate of drug-likeness (QED) is 0.0500. The fourth-order valence-electron chi connectivity index (χ4n) is 7.30. The lowest BCUT2D eigenvalue weighted by Gasteiger charge is -2.19. The second-order valence-electron chi connectivity index (χ2n) is 15.5. The Kier molecular flexibility index (Phi) is 15.0. The Bertz CT molecular complexity index is 2730. The minimum absolute atomic E-state index is 0.189. The molecule has 7 amide bonds. The number of carbonyl (C=O) groups is 7. The molecular formula is C44H54N14O7. The number of nitrogens with zero attached hydrogens (tertiary/aromatic N) is 4. The van der Waals surface area contributed by atoms with Crippen molar-refractivity contribution in [1.29, 1.82) is 0 Å². The van der Waals surface area contributed by atoms with Crippen LogP contribution in [0.2, 0.25) is 0 Å². The number of rotatable bonds is 20. The Morgan fingerprint density at radius 3 is 1.58 bits per heavy atom. The standard InChI is InChI=1S/C44H54N14O7/c1-55-24-29(52-42(63)35-15-27(22-56(35)2)50-38(59)19-45)17-34(55)41(62)47-13-8-7-11-33(40(61)48-14-12-26-21-49-32-10-6-5-9-31(26)32)54-44(65)37-18-30(25-58(37)4)53-43(64)36-16-28(23-57(36)3)51-39(60)20-46/h5-6,9-10,15-18,21-25,33,49H,7-8,11-14,19-20,45-46H2,1-4H3,(H,47,62)(H,48,61)(H,50,59)(H,51,60)(H,52,63)(H,53,64)(H,54,65). The van der Waals surface area contributed by atoms with Gasteiger partial charge in [-0.2, -0.15) is 0 Å². The molecule has 0 aliphatic heterocycles. The van der Waals surface area contributed by atoms with Crippen molar-refractivity contribution in [2.75, 3.05) is 47.4 Å². The molecule has 0 spiro atoms. The molecule has 5 aromatic heterocycles. The van der Waals surface area contributed by atoms with Gasteiger partial charge in [0, 0.05) is 83.2 Å². The molecule has 1 aromatic carbocycles. The first-order chi connectivity index (χ1) is 31.1. The van der Waals surface area contributed by atoms with E-state index < -0.39 is 35.6 Å². The van der Waals surface area contributed by atoms with Crippen molar-refractivity contribution in [2.24, 2.45) is 39.7 Å². The van der Waals surface area contributed by atoms with Crippen LogP contribution in [0.4, 0.5) is 22.7 Å². The zero-order chi connectivity index (χ0) is 46.8. The van der Waals surface area contributed by atoms with Crippen LogP contribution < -0.4 is 48.7 Å². The van der Waals surface area contributed by atoms with Crippen LogP contribution in [-0.2, 0) is 49.0 Å². The molecule has 0 aliphatic carbocycles. The second kappa shape index (κ2) is 21.0.